The molecule has 0 fully saturated rings. The van der Waals surface area contributed by atoms with Gasteiger partial charge in [-0.05, 0) is 31.2 Å². The molecule has 0 N–H and O–H groups in total. The number of rotatable bonds is 5. The third kappa shape index (κ3) is 4.84. The number of hydrogen-bond acceptors (Lipinski definition) is 6. The van der Waals surface area contributed by atoms with E-state index in [2.05, 4.69) is 25.1 Å². The minimum absolute atomic E-state index is 0.0486. The van der Waals surface area contributed by atoms with Gasteiger partial charge < -0.3 is 4.90 Å². The molecule has 0 spiro atoms. The van der Waals surface area contributed by atoms with Crippen LogP contribution in [0, 0.1) is 12.7 Å². The van der Waals surface area contributed by atoms with Gasteiger partial charge in [0.15, 0.2) is 11.6 Å². The van der Waals surface area contributed by atoms with Crippen LogP contribution in [0.2, 0.25) is 0 Å². The lowest BCUT2D eigenvalue weighted by atomic mass is 10.1. The molecule has 1 aliphatic rings. The lowest BCUT2D eigenvalue weighted by Crippen LogP contribution is -2.40. The number of halogens is 7. The largest absolute Gasteiger partial charge is 0.391 e. The summed E-state index contributed by atoms with van der Waals surface area (Å²) in [6, 6.07) is 3.78. The zero-order valence-corrected chi connectivity index (χ0v) is 19.0. The molecule has 4 aromatic rings. The Hall–Kier alpha value is -4.04. The molecule has 8 nitrogen and oxygen atoms in total. The summed E-state index contributed by atoms with van der Waals surface area (Å²) in [5.41, 5.74) is 0.638. The Bertz CT molecular complexity index is 1420. The molecule has 1 unspecified atom stereocenters. The first-order chi connectivity index (χ1) is 17.4. The van der Waals surface area contributed by atoms with Crippen LogP contribution in [-0.4, -0.2) is 53.2 Å². The van der Waals surface area contributed by atoms with E-state index in [4.69, 9.17) is 0 Å². The number of hydrogen-bond donors (Lipinski definition) is 0. The molecular formula is C22H17F7N8. The zero-order valence-electron chi connectivity index (χ0n) is 19.0. The highest BCUT2D eigenvalue weighted by Crippen LogP contribution is 2.43. The Balaban J connectivity index is 1.66. The van der Waals surface area contributed by atoms with Crippen molar-refractivity contribution in [2.24, 2.45) is 0 Å². The van der Waals surface area contributed by atoms with Gasteiger partial charge in [0.2, 0.25) is 5.95 Å². The average molecular weight is 526 g/mol. The molecule has 0 bridgehead atoms. The first kappa shape index (κ1) is 24.6. The van der Waals surface area contributed by atoms with Crippen molar-refractivity contribution in [2.75, 3.05) is 11.4 Å². The summed E-state index contributed by atoms with van der Waals surface area (Å²) < 4.78 is 96.3. The molecule has 0 saturated heterocycles. The van der Waals surface area contributed by atoms with E-state index in [1.807, 2.05) is 0 Å². The molecule has 0 aliphatic carbocycles. The SMILES string of the molecule is Cc1nnc2n1-c1cnc(-n3ccnc3-c3ccc(F)cc3)nc1N(CCC(F)(F)F)C2CC(F)(F)F. The van der Waals surface area contributed by atoms with Crippen molar-refractivity contribution in [2.45, 2.75) is 38.2 Å². The minimum atomic E-state index is -4.71. The second-order valence-electron chi connectivity index (χ2n) is 8.34. The summed E-state index contributed by atoms with van der Waals surface area (Å²) in [7, 11) is 0. The van der Waals surface area contributed by atoms with Gasteiger partial charge in [0.25, 0.3) is 0 Å². The van der Waals surface area contributed by atoms with Crippen molar-refractivity contribution in [1.82, 2.24) is 34.3 Å². The Labute approximate surface area is 204 Å². The lowest BCUT2D eigenvalue weighted by molar-refractivity contribution is -0.141. The fourth-order valence-corrected chi connectivity index (χ4v) is 4.23. The number of alkyl halides is 6. The zero-order chi connectivity index (χ0) is 26.5. The molecular weight excluding hydrogens is 509 g/mol. The summed E-state index contributed by atoms with van der Waals surface area (Å²) in [6.45, 7) is 0.709. The normalized spacial score (nSPS) is 15.6. The van der Waals surface area contributed by atoms with Crippen LogP contribution < -0.4 is 4.90 Å². The first-order valence-electron chi connectivity index (χ1n) is 10.9. The average Bonchev–Trinajstić information content (AvgIpc) is 3.45. The fraction of sp³-hybridized carbons (Fsp3) is 0.318. The number of fused-ring (bicyclic) bond motifs is 3. The standard InChI is InChI=1S/C22H17F7N8/c1-12-33-34-19-15(10-22(27,28)29)35(8-6-21(24,25)26)18-16(37(12)19)11-31-20(32-18)36-9-7-30-17(36)13-2-4-14(23)5-3-13/h2-5,7,9,11,15H,6,8,10H2,1H3. The summed E-state index contributed by atoms with van der Waals surface area (Å²) in [5.74, 6) is -0.292. The van der Waals surface area contributed by atoms with Crippen LogP contribution in [0.5, 0.6) is 0 Å². The maximum atomic E-state index is 13.6. The Kier molecular flexibility index (Phi) is 5.87. The van der Waals surface area contributed by atoms with E-state index in [0.29, 0.717) is 11.4 Å². The second kappa shape index (κ2) is 8.81. The topological polar surface area (TPSA) is 77.5 Å². The summed E-state index contributed by atoms with van der Waals surface area (Å²) >= 11 is 0. The Morgan fingerprint density at radius 2 is 1.68 bits per heavy atom. The van der Waals surface area contributed by atoms with E-state index in [1.165, 1.54) is 58.9 Å². The van der Waals surface area contributed by atoms with Crippen LogP contribution in [0.1, 0.15) is 30.5 Å². The highest BCUT2D eigenvalue weighted by atomic mass is 19.4. The van der Waals surface area contributed by atoms with Crippen LogP contribution in [-0.2, 0) is 0 Å². The summed E-state index contributed by atoms with van der Waals surface area (Å²) in [6.07, 6.45) is -7.99. The number of aromatic nitrogens is 7. The number of imidazole rings is 1. The predicted molar refractivity (Wildman–Crippen MR) is 116 cm³/mol. The van der Waals surface area contributed by atoms with E-state index >= 15 is 0 Å². The number of anilines is 1. The summed E-state index contributed by atoms with van der Waals surface area (Å²) in [4.78, 5) is 13.9. The molecule has 37 heavy (non-hydrogen) atoms. The molecule has 4 heterocycles. The highest BCUT2D eigenvalue weighted by molar-refractivity contribution is 5.64. The molecule has 5 rings (SSSR count). The fourth-order valence-electron chi connectivity index (χ4n) is 4.23. The van der Waals surface area contributed by atoms with E-state index in [1.54, 1.807) is 0 Å². The van der Waals surface area contributed by atoms with E-state index in [0.717, 1.165) is 4.90 Å². The molecule has 0 saturated carbocycles. The maximum Gasteiger partial charge on any atom is 0.391 e. The van der Waals surface area contributed by atoms with Crippen molar-refractivity contribution in [3.8, 4) is 23.0 Å². The Morgan fingerprint density at radius 3 is 2.35 bits per heavy atom. The summed E-state index contributed by atoms with van der Waals surface area (Å²) in [5, 5.41) is 7.69. The molecule has 1 aromatic carbocycles. The first-order valence-corrected chi connectivity index (χ1v) is 10.9. The van der Waals surface area contributed by atoms with Gasteiger partial charge in [0.05, 0.1) is 25.1 Å². The number of aryl methyl sites for hydroxylation is 1. The van der Waals surface area contributed by atoms with E-state index in [9.17, 15) is 30.7 Å². The van der Waals surface area contributed by atoms with Gasteiger partial charge >= 0.3 is 12.4 Å². The monoisotopic (exact) mass is 526 g/mol. The lowest BCUT2D eigenvalue weighted by Gasteiger charge is -2.38. The maximum absolute atomic E-state index is 13.6. The molecule has 1 atom stereocenters. The number of nitrogens with zero attached hydrogens (tertiary/aromatic N) is 8. The number of benzene rings is 1. The van der Waals surface area contributed by atoms with Crippen molar-refractivity contribution in [3.05, 3.63) is 60.3 Å². The Morgan fingerprint density at radius 1 is 0.946 bits per heavy atom. The van der Waals surface area contributed by atoms with Crippen LogP contribution in [0.25, 0.3) is 23.0 Å². The second-order valence-corrected chi connectivity index (χ2v) is 8.34. The van der Waals surface area contributed by atoms with Gasteiger partial charge in [-0.2, -0.15) is 31.3 Å². The molecule has 15 heteroatoms. The van der Waals surface area contributed by atoms with Crippen molar-refractivity contribution >= 4 is 5.82 Å². The van der Waals surface area contributed by atoms with Crippen molar-refractivity contribution in [1.29, 1.82) is 0 Å². The molecule has 194 valence electrons. The van der Waals surface area contributed by atoms with Gasteiger partial charge in [-0.25, -0.2) is 14.4 Å². The van der Waals surface area contributed by atoms with Crippen LogP contribution in [0.4, 0.5) is 36.6 Å². The van der Waals surface area contributed by atoms with Gasteiger partial charge in [-0.15, -0.1) is 10.2 Å². The van der Waals surface area contributed by atoms with Gasteiger partial charge in [0, 0.05) is 24.5 Å². The highest BCUT2D eigenvalue weighted by Gasteiger charge is 2.44. The third-order valence-corrected chi connectivity index (χ3v) is 5.79. The van der Waals surface area contributed by atoms with Crippen LogP contribution in [0.3, 0.4) is 0 Å². The van der Waals surface area contributed by atoms with E-state index in [-0.39, 0.29) is 29.1 Å². The molecule has 3 aromatic heterocycles. The van der Waals surface area contributed by atoms with Gasteiger partial charge in [0.1, 0.15) is 23.2 Å². The van der Waals surface area contributed by atoms with Crippen molar-refractivity contribution < 1.29 is 30.7 Å². The molecule has 0 amide bonds. The van der Waals surface area contributed by atoms with Crippen LogP contribution in [0.15, 0.2) is 42.9 Å². The van der Waals surface area contributed by atoms with Gasteiger partial charge in [-0.1, -0.05) is 0 Å². The van der Waals surface area contributed by atoms with Crippen molar-refractivity contribution in [3.63, 3.8) is 0 Å². The quantitative estimate of drug-likeness (QED) is 0.336. The predicted octanol–water partition coefficient (Wildman–Crippen LogP) is 5.12. The minimum Gasteiger partial charge on any atom is -0.344 e. The smallest absolute Gasteiger partial charge is 0.344 e. The molecule has 0 radical (unpaired) electrons. The van der Waals surface area contributed by atoms with Crippen LogP contribution >= 0.6 is 0 Å². The molecule has 1 aliphatic heterocycles. The van der Waals surface area contributed by atoms with E-state index < -0.39 is 43.6 Å². The third-order valence-electron chi connectivity index (χ3n) is 5.79. The van der Waals surface area contributed by atoms with Gasteiger partial charge in [-0.3, -0.25) is 9.13 Å².